The maximum atomic E-state index is 7.45. The van der Waals surface area contributed by atoms with Gasteiger partial charge in [-0.2, -0.15) is 0 Å². The Bertz CT molecular complexity index is 98.5. The van der Waals surface area contributed by atoms with Crippen LogP contribution in [-0.4, -0.2) is 30.4 Å². The van der Waals surface area contributed by atoms with Crippen LogP contribution in [0.1, 0.15) is 0 Å². The fourth-order valence-corrected chi connectivity index (χ4v) is 0.129. The average Bonchev–Trinajstić information content (AvgIpc) is 2.11. The molecule has 0 aliphatic rings. The molecule has 0 bridgehead atoms. The van der Waals surface area contributed by atoms with E-state index in [9.17, 15) is 0 Å². The quantitative estimate of drug-likeness (QED) is 0.330. The Labute approximate surface area is 51.9 Å². The summed E-state index contributed by atoms with van der Waals surface area (Å²) in [6.07, 6.45) is 1.40. The summed E-state index contributed by atoms with van der Waals surface area (Å²) >= 11 is 0. The Hall–Kier alpha value is -0.620. The minimum absolute atomic E-state index is 1.40. The molecular formula is CH6N5O2P. The summed E-state index contributed by atoms with van der Waals surface area (Å²) in [7, 11) is -2.12. The first-order valence-electron chi connectivity index (χ1n) is 1.83. The van der Waals surface area contributed by atoms with E-state index in [-0.39, 0.29) is 0 Å². The van der Waals surface area contributed by atoms with Crippen molar-refractivity contribution in [2.45, 2.75) is 0 Å². The molecule has 1 aromatic rings. The molecule has 1 heterocycles. The van der Waals surface area contributed by atoms with E-state index in [0.717, 1.165) is 0 Å². The van der Waals surface area contributed by atoms with Gasteiger partial charge >= 0.3 is 0 Å². The summed E-state index contributed by atoms with van der Waals surface area (Å²) in [5.41, 5.74) is 4.29. The third-order valence-corrected chi connectivity index (χ3v) is 0.270. The highest BCUT2D eigenvalue weighted by Crippen LogP contribution is 2.05. The van der Waals surface area contributed by atoms with Crippen LogP contribution in [0.25, 0.3) is 0 Å². The zero-order valence-electron chi connectivity index (χ0n) is 4.34. The second kappa shape index (κ2) is 5.52. The summed E-state index contributed by atoms with van der Waals surface area (Å²) in [5.74, 6) is 0. The number of tetrazole rings is 1. The van der Waals surface area contributed by atoms with E-state index < -0.39 is 8.53 Å². The molecule has 5 N–H and O–H groups in total. The lowest BCUT2D eigenvalue weighted by Crippen LogP contribution is -1.78. The van der Waals surface area contributed by atoms with Gasteiger partial charge in [0, 0.05) is 0 Å². The Balaban J connectivity index is 0.000000148. The van der Waals surface area contributed by atoms with Crippen molar-refractivity contribution in [3.8, 4) is 0 Å². The first-order chi connectivity index (χ1) is 4.23. The molecule has 0 aliphatic heterocycles. The number of nitrogens with two attached hydrogens (primary N) is 1. The molecule has 0 radical (unpaired) electrons. The molecule has 0 spiro atoms. The van der Waals surface area contributed by atoms with Gasteiger partial charge in [-0.15, -0.1) is 5.10 Å². The number of hydrogen-bond donors (Lipinski definition) is 4. The average molecular weight is 151 g/mol. The van der Waals surface area contributed by atoms with E-state index in [1.54, 1.807) is 0 Å². The molecule has 8 heteroatoms. The monoisotopic (exact) mass is 151 g/mol. The van der Waals surface area contributed by atoms with Crippen LogP contribution in [0.3, 0.4) is 0 Å². The fourth-order valence-electron chi connectivity index (χ4n) is 0.129. The van der Waals surface area contributed by atoms with E-state index in [4.69, 9.17) is 9.79 Å². The molecule has 0 atom stereocenters. The highest BCUT2D eigenvalue weighted by molar-refractivity contribution is 7.42. The molecular weight excluding hydrogens is 145 g/mol. The number of hydrogen-bond acceptors (Lipinski definition) is 6. The lowest BCUT2D eigenvalue weighted by molar-refractivity contribution is 0.485. The molecule has 9 heavy (non-hydrogen) atoms. The lowest BCUT2D eigenvalue weighted by atomic mass is 11.4. The highest BCUT2D eigenvalue weighted by atomic mass is 31.2. The molecule has 0 aliphatic carbocycles. The van der Waals surface area contributed by atoms with Crippen molar-refractivity contribution in [3.63, 3.8) is 0 Å². The van der Waals surface area contributed by atoms with Gasteiger partial charge < -0.3 is 9.79 Å². The van der Waals surface area contributed by atoms with Gasteiger partial charge in [-0.1, -0.05) is 0 Å². The van der Waals surface area contributed by atoms with Gasteiger partial charge in [0.2, 0.25) is 8.53 Å². The second-order valence-electron chi connectivity index (χ2n) is 0.883. The van der Waals surface area contributed by atoms with Gasteiger partial charge in [0.05, 0.1) is 0 Å². The first-order valence-corrected chi connectivity index (χ1v) is 3.15. The van der Waals surface area contributed by atoms with Crippen LogP contribution in [0.2, 0.25) is 0 Å². The Morgan fingerprint density at radius 1 is 1.56 bits per heavy atom. The third kappa shape index (κ3) is 11.1. The molecule has 52 valence electrons. The summed E-state index contributed by atoms with van der Waals surface area (Å²) in [6.45, 7) is 0. The first kappa shape index (κ1) is 8.38. The van der Waals surface area contributed by atoms with E-state index in [1.165, 1.54) is 6.33 Å². The predicted octanol–water partition coefficient (Wildman–Crippen LogP) is -1.64. The summed E-state index contributed by atoms with van der Waals surface area (Å²) < 4.78 is 0. The van der Waals surface area contributed by atoms with Crippen molar-refractivity contribution in [1.29, 1.82) is 0 Å². The van der Waals surface area contributed by atoms with Gasteiger partial charge in [-0.3, -0.25) is 5.50 Å². The van der Waals surface area contributed by atoms with Crippen molar-refractivity contribution in [1.82, 2.24) is 20.6 Å². The lowest BCUT2D eigenvalue weighted by Gasteiger charge is -1.79. The summed E-state index contributed by atoms with van der Waals surface area (Å²) in [6, 6.07) is 0. The second-order valence-corrected chi connectivity index (χ2v) is 1.52. The van der Waals surface area contributed by atoms with Crippen LogP contribution >= 0.6 is 8.53 Å². The van der Waals surface area contributed by atoms with Crippen LogP contribution in [0.15, 0.2) is 6.33 Å². The van der Waals surface area contributed by atoms with E-state index in [0.29, 0.717) is 0 Å². The molecule has 7 nitrogen and oxygen atoms in total. The van der Waals surface area contributed by atoms with Gasteiger partial charge in [0.25, 0.3) is 0 Å². The van der Waals surface area contributed by atoms with Crippen molar-refractivity contribution in [2.24, 2.45) is 5.50 Å². The zero-order chi connectivity index (χ0) is 7.11. The van der Waals surface area contributed by atoms with Crippen molar-refractivity contribution in [3.05, 3.63) is 6.33 Å². The molecule has 0 unspecified atom stereocenters. The minimum atomic E-state index is -2.12. The van der Waals surface area contributed by atoms with Crippen LogP contribution in [0.5, 0.6) is 0 Å². The number of aromatic amines is 1. The molecule has 0 saturated carbocycles. The molecule has 0 fully saturated rings. The van der Waals surface area contributed by atoms with E-state index in [2.05, 4.69) is 26.1 Å². The van der Waals surface area contributed by atoms with E-state index >= 15 is 0 Å². The van der Waals surface area contributed by atoms with Gasteiger partial charge in [-0.05, 0) is 10.4 Å². The third-order valence-electron chi connectivity index (χ3n) is 0.270. The number of nitrogens with one attached hydrogen (secondary N) is 1. The van der Waals surface area contributed by atoms with Crippen molar-refractivity contribution >= 4 is 8.53 Å². The number of aromatic nitrogens is 4. The molecule has 0 aromatic carbocycles. The maximum Gasteiger partial charge on any atom is 0.247 e. The van der Waals surface area contributed by atoms with Gasteiger partial charge in [0.1, 0.15) is 6.33 Å². The Morgan fingerprint density at radius 3 is 2.22 bits per heavy atom. The summed E-state index contributed by atoms with van der Waals surface area (Å²) in [4.78, 5) is 14.9. The van der Waals surface area contributed by atoms with Crippen LogP contribution in [0, 0.1) is 0 Å². The fraction of sp³-hybridized carbons (Fsp3) is 0. The molecule has 1 aromatic heterocycles. The Kier molecular flexibility index (Phi) is 5.14. The van der Waals surface area contributed by atoms with Gasteiger partial charge in [-0.25, -0.2) is 5.10 Å². The highest BCUT2D eigenvalue weighted by Gasteiger charge is 1.72. The molecule has 0 amide bonds. The topological polar surface area (TPSA) is 121 Å². The van der Waals surface area contributed by atoms with Crippen LogP contribution < -0.4 is 5.50 Å². The minimum Gasteiger partial charge on any atom is -0.338 e. The molecule has 1 rings (SSSR count). The van der Waals surface area contributed by atoms with Crippen molar-refractivity contribution in [2.75, 3.05) is 0 Å². The largest absolute Gasteiger partial charge is 0.338 e. The van der Waals surface area contributed by atoms with Gasteiger partial charge in [0.15, 0.2) is 0 Å². The normalized spacial score (nSPS) is 8.44. The van der Waals surface area contributed by atoms with Crippen molar-refractivity contribution < 1.29 is 9.79 Å². The number of H-pyrrole nitrogens is 1. The standard InChI is InChI=1S/CH2N4.H4NO2P/c1-2-4-5-3-1;1-4(2)3/h1H,(H,2,3,4,5);2-3H,1H2. The van der Waals surface area contributed by atoms with Crippen LogP contribution in [0.4, 0.5) is 0 Å². The Morgan fingerprint density at radius 2 is 2.11 bits per heavy atom. The number of nitrogens with zero attached hydrogens (tertiary/aromatic N) is 3. The zero-order valence-corrected chi connectivity index (χ0v) is 5.23. The smallest absolute Gasteiger partial charge is 0.247 e. The summed E-state index contributed by atoms with van der Waals surface area (Å²) in [5, 5.41) is 12.1. The SMILES string of the molecule is NP(O)O.c1nnn[nH]1. The van der Waals surface area contributed by atoms with Crippen LogP contribution in [-0.2, 0) is 0 Å². The maximum absolute atomic E-state index is 7.45. The predicted molar refractivity (Wildman–Crippen MR) is 29.7 cm³/mol. The number of rotatable bonds is 0. The van der Waals surface area contributed by atoms with E-state index in [1.807, 2.05) is 0 Å². The molecule has 0 saturated heterocycles.